The number of hydrogen-bond acceptors (Lipinski definition) is 4. The van der Waals surface area contributed by atoms with E-state index in [0.717, 1.165) is 12.1 Å². The summed E-state index contributed by atoms with van der Waals surface area (Å²) in [7, 11) is -2.41. The minimum Gasteiger partial charge on any atom is -0.495 e. The normalized spacial score (nSPS) is 11.5. The lowest BCUT2D eigenvalue weighted by molar-refractivity contribution is 0.102. The van der Waals surface area contributed by atoms with Crippen molar-refractivity contribution in [1.29, 1.82) is 0 Å². The third-order valence-electron chi connectivity index (χ3n) is 3.94. The van der Waals surface area contributed by atoms with E-state index in [9.17, 15) is 22.0 Å². The quantitative estimate of drug-likeness (QED) is 0.777. The van der Waals surface area contributed by atoms with Crippen molar-refractivity contribution in [3.05, 3.63) is 53.6 Å². The molecule has 0 aliphatic rings. The van der Waals surface area contributed by atoms with E-state index in [0.29, 0.717) is 6.07 Å². The smallest absolute Gasteiger partial charge is 0.258 e. The number of carbonyl (C=O) groups is 1. The van der Waals surface area contributed by atoms with Crippen LogP contribution in [0.25, 0.3) is 0 Å². The predicted octanol–water partition coefficient (Wildman–Crippen LogP) is 3.26. The Morgan fingerprint density at radius 1 is 1.11 bits per heavy atom. The Morgan fingerprint density at radius 2 is 1.78 bits per heavy atom. The van der Waals surface area contributed by atoms with Crippen LogP contribution >= 0.6 is 0 Å². The summed E-state index contributed by atoms with van der Waals surface area (Å²) in [6, 6.07) is 6.55. The number of amides is 1. The molecule has 2 aromatic rings. The van der Waals surface area contributed by atoms with E-state index in [4.69, 9.17) is 4.74 Å². The van der Waals surface area contributed by atoms with Gasteiger partial charge in [-0.1, -0.05) is 13.8 Å². The lowest BCUT2D eigenvalue weighted by atomic mass is 10.2. The van der Waals surface area contributed by atoms with Gasteiger partial charge in [0.05, 0.1) is 23.3 Å². The number of sulfonamides is 1. The van der Waals surface area contributed by atoms with Crippen LogP contribution in [0.15, 0.2) is 41.3 Å². The van der Waals surface area contributed by atoms with E-state index in [2.05, 4.69) is 5.32 Å². The van der Waals surface area contributed by atoms with Crippen LogP contribution in [-0.4, -0.2) is 38.8 Å². The Labute approximate surface area is 156 Å². The van der Waals surface area contributed by atoms with Gasteiger partial charge in [0, 0.05) is 19.2 Å². The second kappa shape index (κ2) is 8.45. The molecule has 1 amide bonds. The third kappa shape index (κ3) is 4.42. The van der Waals surface area contributed by atoms with Crippen molar-refractivity contribution in [2.45, 2.75) is 18.7 Å². The number of nitrogens with one attached hydrogen (secondary N) is 1. The molecule has 27 heavy (non-hydrogen) atoms. The van der Waals surface area contributed by atoms with Gasteiger partial charge < -0.3 is 10.1 Å². The zero-order valence-electron chi connectivity index (χ0n) is 15.1. The van der Waals surface area contributed by atoms with Gasteiger partial charge in [0.15, 0.2) is 0 Å². The molecule has 0 heterocycles. The van der Waals surface area contributed by atoms with Gasteiger partial charge in [0.1, 0.15) is 17.4 Å². The number of nitrogens with zero attached hydrogens (tertiary/aromatic N) is 1. The van der Waals surface area contributed by atoms with Gasteiger partial charge in [-0.2, -0.15) is 4.31 Å². The molecule has 146 valence electrons. The zero-order chi connectivity index (χ0) is 20.2. The van der Waals surface area contributed by atoms with Crippen molar-refractivity contribution in [1.82, 2.24) is 4.31 Å². The SMILES string of the molecule is CCN(CC)S(=O)(=O)c1ccc(OC)c(NC(=O)c2ccc(F)cc2F)c1. The first kappa shape index (κ1) is 20.8. The van der Waals surface area contributed by atoms with Gasteiger partial charge >= 0.3 is 0 Å². The average Bonchev–Trinajstić information content (AvgIpc) is 2.62. The Morgan fingerprint density at radius 3 is 2.33 bits per heavy atom. The van der Waals surface area contributed by atoms with Crippen LogP contribution in [0.4, 0.5) is 14.5 Å². The highest BCUT2D eigenvalue weighted by Gasteiger charge is 2.23. The van der Waals surface area contributed by atoms with Crippen LogP contribution in [0.1, 0.15) is 24.2 Å². The fourth-order valence-corrected chi connectivity index (χ4v) is 4.01. The topological polar surface area (TPSA) is 75.7 Å². The molecule has 6 nitrogen and oxygen atoms in total. The molecule has 9 heteroatoms. The summed E-state index contributed by atoms with van der Waals surface area (Å²) in [4.78, 5) is 12.3. The number of rotatable bonds is 7. The first-order valence-corrected chi connectivity index (χ1v) is 9.63. The van der Waals surface area contributed by atoms with Gasteiger partial charge in [0.2, 0.25) is 10.0 Å². The molecule has 0 atom stereocenters. The molecule has 2 rings (SSSR count). The van der Waals surface area contributed by atoms with E-state index in [1.807, 2.05) is 0 Å². The molecular formula is C18H20F2N2O4S. The maximum absolute atomic E-state index is 13.8. The maximum Gasteiger partial charge on any atom is 0.258 e. The van der Waals surface area contributed by atoms with E-state index >= 15 is 0 Å². The molecule has 0 bridgehead atoms. The number of benzene rings is 2. The van der Waals surface area contributed by atoms with E-state index in [1.54, 1.807) is 13.8 Å². The van der Waals surface area contributed by atoms with Crippen LogP contribution in [0.2, 0.25) is 0 Å². The van der Waals surface area contributed by atoms with Gasteiger partial charge in [-0.3, -0.25) is 4.79 Å². The predicted molar refractivity (Wildman–Crippen MR) is 97.4 cm³/mol. The molecule has 0 saturated carbocycles. The molecule has 0 aromatic heterocycles. The molecule has 0 saturated heterocycles. The minimum absolute atomic E-state index is 0.0399. The van der Waals surface area contributed by atoms with Gasteiger partial charge in [-0.25, -0.2) is 17.2 Å². The fraction of sp³-hybridized carbons (Fsp3) is 0.278. The molecule has 0 radical (unpaired) electrons. The van der Waals surface area contributed by atoms with Crippen LogP contribution in [-0.2, 0) is 10.0 Å². The number of carbonyl (C=O) groups excluding carboxylic acids is 1. The molecule has 1 N–H and O–H groups in total. The monoisotopic (exact) mass is 398 g/mol. The lowest BCUT2D eigenvalue weighted by Crippen LogP contribution is -2.30. The Bertz CT molecular complexity index is 944. The van der Waals surface area contributed by atoms with Crippen molar-refractivity contribution < 1.29 is 26.7 Å². The first-order valence-electron chi connectivity index (χ1n) is 8.19. The zero-order valence-corrected chi connectivity index (χ0v) is 15.9. The molecular weight excluding hydrogens is 378 g/mol. The van der Waals surface area contributed by atoms with Crippen molar-refractivity contribution in [2.75, 3.05) is 25.5 Å². The molecule has 0 spiro atoms. The Balaban J connectivity index is 2.42. The van der Waals surface area contributed by atoms with Gasteiger partial charge in [0.25, 0.3) is 5.91 Å². The standard InChI is InChI=1S/C18H20F2N2O4S/c1-4-22(5-2)27(24,25)13-7-9-17(26-3)16(11-13)21-18(23)14-8-6-12(19)10-15(14)20/h6-11H,4-5H2,1-3H3,(H,21,23). The molecule has 0 unspecified atom stereocenters. The Hall–Kier alpha value is -2.52. The summed E-state index contributed by atoms with van der Waals surface area (Å²) >= 11 is 0. The molecule has 2 aromatic carbocycles. The summed E-state index contributed by atoms with van der Waals surface area (Å²) in [5, 5.41) is 2.42. The molecule has 0 fully saturated rings. The molecule has 0 aliphatic carbocycles. The fourth-order valence-electron chi connectivity index (χ4n) is 2.52. The summed E-state index contributed by atoms with van der Waals surface area (Å²) in [6.45, 7) is 4.00. The summed E-state index contributed by atoms with van der Waals surface area (Å²) in [5.74, 6) is -2.50. The lowest BCUT2D eigenvalue weighted by Gasteiger charge is -2.19. The van der Waals surface area contributed by atoms with Crippen molar-refractivity contribution in [3.63, 3.8) is 0 Å². The Kier molecular flexibility index (Phi) is 6.50. The number of anilines is 1. The van der Waals surface area contributed by atoms with Crippen LogP contribution in [0.3, 0.4) is 0 Å². The van der Waals surface area contributed by atoms with Crippen molar-refractivity contribution in [2.24, 2.45) is 0 Å². The molecule has 0 aliphatic heterocycles. The van der Waals surface area contributed by atoms with Crippen molar-refractivity contribution in [3.8, 4) is 5.75 Å². The summed E-state index contributed by atoms with van der Waals surface area (Å²) in [6.07, 6.45) is 0. The summed E-state index contributed by atoms with van der Waals surface area (Å²) in [5.41, 5.74) is -0.324. The average molecular weight is 398 g/mol. The highest BCUT2D eigenvalue weighted by molar-refractivity contribution is 7.89. The van der Waals surface area contributed by atoms with Crippen LogP contribution < -0.4 is 10.1 Å². The highest BCUT2D eigenvalue weighted by atomic mass is 32.2. The summed E-state index contributed by atoms with van der Waals surface area (Å²) < 4.78 is 58.6. The second-order valence-corrected chi connectivity index (χ2v) is 7.47. The van der Waals surface area contributed by atoms with Gasteiger partial charge in [-0.05, 0) is 30.3 Å². The van der Waals surface area contributed by atoms with Crippen LogP contribution in [0.5, 0.6) is 5.75 Å². The first-order chi connectivity index (χ1) is 12.7. The maximum atomic E-state index is 13.8. The van der Waals surface area contributed by atoms with E-state index < -0.39 is 27.6 Å². The van der Waals surface area contributed by atoms with Crippen LogP contribution in [0, 0.1) is 11.6 Å². The van der Waals surface area contributed by atoms with Crippen molar-refractivity contribution >= 4 is 21.6 Å². The third-order valence-corrected chi connectivity index (χ3v) is 5.98. The highest BCUT2D eigenvalue weighted by Crippen LogP contribution is 2.29. The largest absolute Gasteiger partial charge is 0.495 e. The number of hydrogen-bond donors (Lipinski definition) is 1. The van der Waals surface area contributed by atoms with E-state index in [1.165, 1.54) is 29.6 Å². The number of ether oxygens (including phenoxy) is 1. The number of methoxy groups -OCH3 is 1. The van der Waals surface area contributed by atoms with E-state index in [-0.39, 0.29) is 35.0 Å². The second-order valence-electron chi connectivity index (χ2n) is 5.53. The van der Waals surface area contributed by atoms with Gasteiger partial charge in [-0.15, -0.1) is 0 Å². The number of halogens is 2. The minimum atomic E-state index is -3.76.